The van der Waals surface area contributed by atoms with Crippen molar-refractivity contribution in [2.45, 2.75) is 57.7 Å². The van der Waals surface area contributed by atoms with Crippen molar-refractivity contribution in [2.75, 3.05) is 0 Å². The molecule has 0 bridgehead atoms. The zero-order valence-corrected chi connectivity index (χ0v) is 29.1. The lowest BCUT2D eigenvalue weighted by molar-refractivity contribution is 0.0988. The van der Waals surface area contributed by atoms with Gasteiger partial charge in [0.25, 0.3) is 8.32 Å². The highest BCUT2D eigenvalue weighted by Gasteiger charge is 2.61. The molecule has 0 heterocycles. The summed E-state index contributed by atoms with van der Waals surface area (Å²) < 4.78 is 15.6. The van der Waals surface area contributed by atoms with E-state index in [4.69, 9.17) is 8.85 Å². The molecule has 0 aliphatic rings. The number of rotatable bonds is 13. The molecular formula is C37H46O2Si3. The number of benzene rings is 4. The van der Waals surface area contributed by atoms with E-state index in [1.165, 1.54) is 20.7 Å². The van der Waals surface area contributed by atoms with Gasteiger partial charge >= 0.3 is 0 Å². The Morgan fingerprint density at radius 1 is 0.571 bits per heavy atom. The third-order valence-corrected chi connectivity index (χ3v) is 22.8. The van der Waals surface area contributed by atoms with Crippen LogP contribution < -0.4 is 20.7 Å². The highest BCUT2D eigenvalue weighted by atomic mass is 28.4. The normalized spacial score (nSPS) is 16.4. The summed E-state index contributed by atoms with van der Waals surface area (Å²) in [6.45, 7) is 22.5. The van der Waals surface area contributed by atoms with E-state index in [1.54, 1.807) is 0 Å². The van der Waals surface area contributed by atoms with Crippen molar-refractivity contribution in [3.8, 4) is 0 Å². The lowest BCUT2D eigenvalue weighted by Crippen LogP contribution is -2.80. The van der Waals surface area contributed by atoms with E-state index < -0.39 is 35.2 Å². The molecule has 218 valence electrons. The molecule has 4 aromatic carbocycles. The Labute approximate surface area is 257 Å². The molecule has 0 saturated carbocycles. The van der Waals surface area contributed by atoms with E-state index in [9.17, 15) is 0 Å². The second kappa shape index (κ2) is 12.7. The molecule has 42 heavy (non-hydrogen) atoms. The fraction of sp³-hybridized carbons (Fsp3) is 0.243. The molecule has 3 atom stereocenters. The Hall–Kier alpha value is -3.07. The Morgan fingerprint density at radius 3 is 1.31 bits per heavy atom. The fourth-order valence-corrected chi connectivity index (χ4v) is 18.5. The SMILES string of the molecule is C=C[Si](C)(OC(C)(C)[Si](OC(C)(CC)[Si](C)(C=C)c1ccccc1)(c1ccccc1)c1ccccc1)c1ccccc1. The van der Waals surface area contributed by atoms with Gasteiger partial charge in [0.1, 0.15) is 8.07 Å². The highest BCUT2D eigenvalue weighted by molar-refractivity contribution is 7.03. The van der Waals surface area contributed by atoms with Crippen LogP contribution in [-0.2, 0) is 8.85 Å². The second-order valence-electron chi connectivity index (χ2n) is 12.2. The maximum absolute atomic E-state index is 8.04. The minimum atomic E-state index is -3.20. The summed E-state index contributed by atoms with van der Waals surface area (Å²) in [6, 6.07) is 43.1. The van der Waals surface area contributed by atoms with E-state index in [0.717, 1.165) is 6.42 Å². The van der Waals surface area contributed by atoms with Crippen LogP contribution in [0.15, 0.2) is 146 Å². The molecule has 2 nitrogen and oxygen atoms in total. The first-order valence-electron chi connectivity index (χ1n) is 14.9. The monoisotopic (exact) mass is 606 g/mol. The molecule has 3 unspecified atom stereocenters. The number of hydrogen-bond donors (Lipinski definition) is 0. The largest absolute Gasteiger partial charge is 0.403 e. The van der Waals surface area contributed by atoms with Crippen molar-refractivity contribution in [2.24, 2.45) is 0 Å². The molecule has 0 fully saturated rings. The van der Waals surface area contributed by atoms with Crippen LogP contribution in [0.5, 0.6) is 0 Å². The summed E-state index contributed by atoms with van der Waals surface area (Å²) in [4.78, 5) is 0. The molecule has 0 radical (unpaired) electrons. The molecule has 0 aliphatic heterocycles. The average molecular weight is 607 g/mol. The lowest BCUT2D eigenvalue weighted by atomic mass is 10.3. The van der Waals surface area contributed by atoms with Crippen molar-refractivity contribution < 1.29 is 8.85 Å². The van der Waals surface area contributed by atoms with E-state index in [-0.39, 0.29) is 0 Å². The van der Waals surface area contributed by atoms with Gasteiger partial charge in [0.15, 0.2) is 0 Å². The molecule has 0 N–H and O–H groups in total. The molecule has 0 aliphatic carbocycles. The first kappa shape index (κ1) is 31.9. The molecule has 0 aromatic heterocycles. The van der Waals surface area contributed by atoms with Gasteiger partial charge in [-0.1, -0.05) is 151 Å². The van der Waals surface area contributed by atoms with Gasteiger partial charge < -0.3 is 8.85 Å². The predicted molar refractivity (Wildman–Crippen MR) is 189 cm³/mol. The smallest absolute Gasteiger partial charge is 0.286 e. The predicted octanol–water partition coefficient (Wildman–Crippen LogP) is 6.72. The van der Waals surface area contributed by atoms with Crippen LogP contribution >= 0.6 is 0 Å². The van der Waals surface area contributed by atoms with E-state index in [0.29, 0.717) is 0 Å². The standard InChI is InChI=1S/C37H46O2Si3/c1-9-37(6,40(7,10-2)32-24-16-12-17-25-32)39-42(34-28-20-14-21-29-34,35-30-22-15-23-31-35)36(4,5)38-41(8,11-3)33-26-18-13-19-27-33/h10-31H,2-3,9H2,1,4-8H3. The summed E-state index contributed by atoms with van der Waals surface area (Å²) in [7, 11) is -8.23. The third-order valence-electron chi connectivity index (χ3n) is 9.35. The second-order valence-corrected chi connectivity index (χ2v) is 23.9. The zero-order valence-electron chi connectivity index (χ0n) is 26.1. The molecule has 5 heteroatoms. The minimum absolute atomic E-state index is 0.479. The van der Waals surface area contributed by atoms with Crippen LogP contribution in [0, 0.1) is 0 Å². The molecule has 0 amide bonds. The van der Waals surface area contributed by atoms with Crippen LogP contribution in [0.3, 0.4) is 0 Å². The van der Waals surface area contributed by atoms with Crippen molar-refractivity contribution in [3.05, 3.63) is 146 Å². The minimum Gasteiger partial charge on any atom is -0.403 e. The maximum atomic E-state index is 8.04. The van der Waals surface area contributed by atoms with Gasteiger partial charge in [0, 0.05) is 0 Å². The quantitative estimate of drug-likeness (QED) is 0.157. The van der Waals surface area contributed by atoms with Crippen LogP contribution in [0.25, 0.3) is 0 Å². The Kier molecular flexibility index (Phi) is 9.60. The topological polar surface area (TPSA) is 18.5 Å². The lowest BCUT2D eigenvalue weighted by Gasteiger charge is -2.55. The van der Waals surface area contributed by atoms with Crippen molar-refractivity contribution in [1.82, 2.24) is 0 Å². The van der Waals surface area contributed by atoms with E-state index >= 15 is 0 Å². The van der Waals surface area contributed by atoms with Crippen LogP contribution in [0.4, 0.5) is 0 Å². The summed E-state index contributed by atoms with van der Waals surface area (Å²) in [5.74, 6) is 0. The van der Waals surface area contributed by atoms with Gasteiger partial charge in [-0.15, -0.1) is 13.2 Å². The molecule has 0 saturated heterocycles. The molecular weight excluding hydrogens is 561 g/mol. The first-order chi connectivity index (χ1) is 20.0. The first-order valence-corrected chi connectivity index (χ1v) is 21.9. The Morgan fingerprint density at radius 2 is 0.952 bits per heavy atom. The summed E-state index contributed by atoms with van der Waals surface area (Å²) in [6.07, 6.45) is 0.843. The average Bonchev–Trinajstić information content (AvgIpc) is 3.04. The Bertz CT molecular complexity index is 1420. The summed E-state index contributed by atoms with van der Waals surface area (Å²) in [5, 5.41) is 3.76. The van der Waals surface area contributed by atoms with Gasteiger partial charge in [0.2, 0.25) is 8.32 Å². The van der Waals surface area contributed by atoms with Crippen LogP contribution in [0.2, 0.25) is 13.1 Å². The molecule has 0 spiro atoms. The highest BCUT2D eigenvalue weighted by Crippen LogP contribution is 2.38. The van der Waals surface area contributed by atoms with E-state index in [1.807, 2.05) is 0 Å². The number of hydrogen-bond acceptors (Lipinski definition) is 2. The van der Waals surface area contributed by atoms with Crippen molar-refractivity contribution >= 4 is 45.5 Å². The van der Waals surface area contributed by atoms with Gasteiger partial charge in [-0.2, -0.15) is 0 Å². The summed E-state index contributed by atoms with van der Waals surface area (Å²) >= 11 is 0. The van der Waals surface area contributed by atoms with Gasteiger partial charge in [0.05, 0.1) is 10.4 Å². The maximum Gasteiger partial charge on any atom is 0.286 e. The summed E-state index contributed by atoms with van der Waals surface area (Å²) in [5.41, 5.74) is 4.27. The fourth-order valence-electron chi connectivity index (χ4n) is 6.34. The van der Waals surface area contributed by atoms with Crippen LogP contribution in [-0.4, -0.2) is 35.2 Å². The van der Waals surface area contributed by atoms with Gasteiger partial charge in [-0.3, -0.25) is 0 Å². The van der Waals surface area contributed by atoms with Gasteiger partial charge in [-0.25, -0.2) is 0 Å². The van der Waals surface area contributed by atoms with Gasteiger partial charge in [-0.05, 0) is 49.3 Å². The Balaban J connectivity index is 2.03. The third kappa shape index (κ3) is 5.64. The van der Waals surface area contributed by atoms with Crippen LogP contribution in [0.1, 0.15) is 34.1 Å². The van der Waals surface area contributed by atoms with Crippen molar-refractivity contribution in [3.63, 3.8) is 0 Å². The van der Waals surface area contributed by atoms with Crippen molar-refractivity contribution in [1.29, 1.82) is 0 Å². The zero-order chi connectivity index (χ0) is 30.5. The molecule has 4 aromatic rings. The van der Waals surface area contributed by atoms with E-state index in [2.05, 4.69) is 187 Å². The molecule has 4 rings (SSSR count).